The Morgan fingerprint density at radius 1 is 1.36 bits per heavy atom. The van der Waals surface area contributed by atoms with E-state index in [1.807, 2.05) is 5.98 Å². The lowest BCUT2D eigenvalue weighted by molar-refractivity contribution is 0.0878. The van der Waals surface area contributed by atoms with Gasteiger partial charge in [-0.1, -0.05) is 13.8 Å². The van der Waals surface area contributed by atoms with Crippen LogP contribution < -0.4 is 0 Å². The van der Waals surface area contributed by atoms with Gasteiger partial charge in [-0.25, -0.2) is 0 Å². The van der Waals surface area contributed by atoms with Crippen LogP contribution in [0.3, 0.4) is 0 Å². The molecule has 0 atom stereocenters. The zero-order valence-electron chi connectivity index (χ0n) is 7.85. The molecule has 1 saturated heterocycles. The van der Waals surface area contributed by atoms with Gasteiger partial charge in [0, 0.05) is 5.60 Å². The lowest BCUT2D eigenvalue weighted by atomic mass is 9.25. The molecule has 1 heterocycles. The molecule has 0 saturated carbocycles. The molecular weight excluding hydrogens is 134 g/mol. The van der Waals surface area contributed by atoms with Gasteiger partial charge in [-0.15, -0.1) is 12.6 Å². The number of rotatable bonds is 1. The molecule has 1 nitrogen and oxygen atoms in total. The van der Waals surface area contributed by atoms with Crippen LogP contribution in [0.4, 0.5) is 0 Å². The van der Waals surface area contributed by atoms with E-state index in [4.69, 9.17) is 4.65 Å². The van der Waals surface area contributed by atoms with Gasteiger partial charge in [0.2, 0.25) is 0 Å². The molecule has 3 heteroatoms. The van der Waals surface area contributed by atoms with Gasteiger partial charge in [0.05, 0.1) is 0 Å². The normalized spacial score (nSPS) is 26.4. The molecule has 59 valence electrons. The summed E-state index contributed by atoms with van der Waals surface area (Å²) in [6.07, 6.45) is 0. The van der Waals surface area contributed by atoms with E-state index >= 15 is 0 Å². The zero-order chi connectivity index (χ0) is 8.70. The fraction of sp³-hybridized carbons (Fsp3) is 0.750. The summed E-state index contributed by atoms with van der Waals surface area (Å²) < 4.78 is 5.74. The molecule has 0 bridgehead atoms. The summed E-state index contributed by atoms with van der Waals surface area (Å²) in [7, 11) is 2.21. The van der Waals surface area contributed by atoms with Gasteiger partial charge in [-0.3, -0.25) is 0 Å². The molecule has 0 spiro atoms. The van der Waals surface area contributed by atoms with Crippen LogP contribution in [-0.4, -0.2) is 19.6 Å². The molecule has 0 amide bonds. The Morgan fingerprint density at radius 2 is 1.91 bits per heavy atom. The lowest BCUT2D eigenvalue weighted by Crippen LogP contribution is -2.31. The minimum absolute atomic E-state index is 0.0636. The first-order chi connectivity index (χ1) is 4.89. The van der Waals surface area contributed by atoms with E-state index < -0.39 is 0 Å². The maximum Gasteiger partial charge on any atom is 0.272 e. The van der Waals surface area contributed by atoms with E-state index in [0.29, 0.717) is 0 Å². The van der Waals surface area contributed by atoms with Crippen LogP contribution in [0.2, 0.25) is 5.31 Å². The highest BCUT2D eigenvalue weighted by Gasteiger charge is 2.48. The quantitative estimate of drug-likeness (QED) is 0.517. The molecule has 0 N–H and O–H groups in total. The average Bonchev–Trinajstić information content (AvgIpc) is 2.03. The monoisotopic (exact) mass is 149 g/mol. The molecule has 1 rings (SSSR count). The SMILES string of the molecule is C=CB1[B]C(C)(C)C(C)(C)O1. The summed E-state index contributed by atoms with van der Waals surface area (Å²) in [5.74, 6) is 1.84. The van der Waals surface area contributed by atoms with Gasteiger partial charge >= 0.3 is 0 Å². The maximum absolute atomic E-state index is 5.74. The Bertz CT molecular complexity index is 159. The van der Waals surface area contributed by atoms with Crippen molar-refractivity contribution in [1.29, 1.82) is 0 Å². The third-order valence-corrected chi connectivity index (χ3v) is 2.80. The van der Waals surface area contributed by atoms with Crippen molar-refractivity contribution < 1.29 is 4.65 Å². The topological polar surface area (TPSA) is 9.23 Å². The summed E-state index contributed by atoms with van der Waals surface area (Å²) in [6.45, 7) is 12.5. The molecule has 1 fully saturated rings. The van der Waals surface area contributed by atoms with Crippen LogP contribution >= 0.6 is 0 Å². The Kier molecular flexibility index (Phi) is 1.96. The highest BCUT2D eigenvalue weighted by atomic mass is 16.5. The van der Waals surface area contributed by atoms with Crippen molar-refractivity contribution in [2.24, 2.45) is 0 Å². The molecule has 1 aliphatic rings. The fourth-order valence-electron chi connectivity index (χ4n) is 1.25. The fourth-order valence-corrected chi connectivity index (χ4v) is 1.25. The largest absolute Gasteiger partial charge is 0.435 e. The smallest absolute Gasteiger partial charge is 0.272 e. The molecule has 0 aromatic rings. The van der Waals surface area contributed by atoms with Gasteiger partial charge in [-0.05, 0) is 19.2 Å². The third-order valence-electron chi connectivity index (χ3n) is 2.80. The van der Waals surface area contributed by atoms with Crippen molar-refractivity contribution in [3.05, 3.63) is 12.6 Å². The van der Waals surface area contributed by atoms with Crippen LogP contribution in [-0.2, 0) is 4.65 Å². The van der Waals surface area contributed by atoms with Crippen molar-refractivity contribution in [2.45, 2.75) is 38.6 Å². The van der Waals surface area contributed by atoms with Crippen molar-refractivity contribution in [1.82, 2.24) is 0 Å². The first-order valence-corrected chi connectivity index (χ1v) is 4.05. The second-order valence-electron chi connectivity index (χ2n) is 4.22. The summed E-state index contributed by atoms with van der Waals surface area (Å²) in [6, 6.07) is 0. The van der Waals surface area contributed by atoms with Crippen molar-refractivity contribution in [3.63, 3.8) is 0 Å². The first-order valence-electron chi connectivity index (χ1n) is 4.05. The Labute approximate surface area is 70.5 Å². The third kappa shape index (κ3) is 1.39. The van der Waals surface area contributed by atoms with E-state index in [1.54, 1.807) is 0 Å². The zero-order valence-corrected chi connectivity index (χ0v) is 7.85. The molecule has 0 unspecified atom stereocenters. The second kappa shape index (κ2) is 2.41. The minimum Gasteiger partial charge on any atom is -0.435 e. The summed E-state index contributed by atoms with van der Waals surface area (Å²) in [5.41, 5.74) is -0.0636. The van der Waals surface area contributed by atoms with Gasteiger partial charge in [-0.2, -0.15) is 0 Å². The molecular formula is C8H15B2O. The van der Waals surface area contributed by atoms with E-state index in [0.717, 1.165) is 0 Å². The molecule has 1 aliphatic heterocycles. The van der Waals surface area contributed by atoms with Crippen molar-refractivity contribution in [3.8, 4) is 0 Å². The average molecular weight is 149 g/mol. The number of hydrogen-bond donors (Lipinski definition) is 0. The molecule has 0 aromatic carbocycles. The van der Waals surface area contributed by atoms with Crippen molar-refractivity contribution >= 4 is 14.0 Å². The summed E-state index contributed by atoms with van der Waals surface area (Å²) in [5, 5.41) is 0.145. The van der Waals surface area contributed by atoms with E-state index in [9.17, 15) is 0 Å². The van der Waals surface area contributed by atoms with Gasteiger partial charge in [0.25, 0.3) is 6.81 Å². The van der Waals surface area contributed by atoms with E-state index in [2.05, 4.69) is 41.4 Å². The number of hydrogen-bond acceptors (Lipinski definition) is 1. The van der Waals surface area contributed by atoms with Gasteiger partial charge in [0.15, 0.2) is 0 Å². The molecule has 1 radical (unpaired) electrons. The predicted octanol–water partition coefficient (Wildman–Crippen LogP) is 1.91. The molecule has 11 heavy (non-hydrogen) atoms. The minimum atomic E-state index is -0.0636. The Hall–Kier alpha value is -0.170. The molecule has 0 aliphatic carbocycles. The maximum atomic E-state index is 5.74. The first kappa shape index (κ1) is 8.92. The van der Waals surface area contributed by atoms with Crippen LogP contribution in [0.15, 0.2) is 12.6 Å². The van der Waals surface area contributed by atoms with E-state index in [1.165, 1.54) is 0 Å². The Morgan fingerprint density at radius 3 is 2.09 bits per heavy atom. The summed E-state index contributed by atoms with van der Waals surface area (Å²) >= 11 is 0. The van der Waals surface area contributed by atoms with Gasteiger partial charge < -0.3 is 4.65 Å². The van der Waals surface area contributed by atoms with Crippen LogP contribution in [0.5, 0.6) is 0 Å². The van der Waals surface area contributed by atoms with Crippen LogP contribution in [0, 0.1) is 0 Å². The van der Waals surface area contributed by atoms with Gasteiger partial charge in [0.1, 0.15) is 7.17 Å². The van der Waals surface area contributed by atoms with Crippen molar-refractivity contribution in [2.75, 3.05) is 0 Å². The lowest BCUT2D eigenvalue weighted by Gasteiger charge is -2.34. The standard InChI is InChI=1S/C8H15B2O/c1-6-10-9-7(2,3)8(4,5)11-10/h6H,1H2,2-5H3. The molecule has 0 aromatic heterocycles. The highest BCUT2D eigenvalue weighted by molar-refractivity contribution is 7.14. The second-order valence-corrected chi connectivity index (χ2v) is 4.22. The Balaban J connectivity index is 2.79. The highest BCUT2D eigenvalue weighted by Crippen LogP contribution is 2.45. The summed E-state index contributed by atoms with van der Waals surface area (Å²) in [4.78, 5) is 0. The predicted molar refractivity (Wildman–Crippen MR) is 50.9 cm³/mol. The van der Waals surface area contributed by atoms with Crippen LogP contribution in [0.1, 0.15) is 27.7 Å². The van der Waals surface area contributed by atoms with Crippen LogP contribution in [0.25, 0.3) is 0 Å². The van der Waals surface area contributed by atoms with E-state index in [-0.39, 0.29) is 17.7 Å².